The van der Waals surface area contributed by atoms with Crippen molar-refractivity contribution in [2.24, 2.45) is 0 Å². The molecular formula is C21H24O. The fourth-order valence-corrected chi connectivity index (χ4v) is 2.99. The number of rotatable bonds is 3. The minimum absolute atomic E-state index is 0.0749. The zero-order valence-corrected chi connectivity index (χ0v) is 14.4. The van der Waals surface area contributed by atoms with Gasteiger partial charge in [0, 0.05) is 5.56 Å². The zero-order valence-electron chi connectivity index (χ0n) is 14.4. The van der Waals surface area contributed by atoms with Crippen molar-refractivity contribution in [1.29, 1.82) is 0 Å². The summed E-state index contributed by atoms with van der Waals surface area (Å²) in [6.07, 6.45) is 3.61. The number of carbonyl (C=O) groups excluding carboxylic acids is 1. The van der Waals surface area contributed by atoms with Crippen LogP contribution in [-0.4, -0.2) is 5.78 Å². The van der Waals surface area contributed by atoms with E-state index in [-0.39, 0.29) is 5.78 Å². The Balaban J connectivity index is 2.33. The molecule has 1 heteroatoms. The van der Waals surface area contributed by atoms with Crippen LogP contribution in [0.4, 0.5) is 0 Å². The summed E-state index contributed by atoms with van der Waals surface area (Å²) in [5.41, 5.74) is 9.02. The van der Waals surface area contributed by atoms with E-state index in [2.05, 4.69) is 52.0 Å². The van der Waals surface area contributed by atoms with Gasteiger partial charge >= 0.3 is 0 Å². The van der Waals surface area contributed by atoms with Crippen LogP contribution in [0.2, 0.25) is 0 Å². The Morgan fingerprint density at radius 2 is 1.27 bits per heavy atom. The molecule has 2 aromatic carbocycles. The molecule has 0 atom stereocenters. The van der Waals surface area contributed by atoms with Gasteiger partial charge in [-0.15, -0.1) is 0 Å². The van der Waals surface area contributed by atoms with Gasteiger partial charge in [0.1, 0.15) is 0 Å². The summed E-state index contributed by atoms with van der Waals surface area (Å²) in [6.45, 7) is 12.4. The van der Waals surface area contributed by atoms with Gasteiger partial charge in [0.25, 0.3) is 0 Å². The summed E-state index contributed by atoms with van der Waals surface area (Å²) >= 11 is 0. The van der Waals surface area contributed by atoms with Gasteiger partial charge in [-0.1, -0.05) is 35.9 Å². The van der Waals surface area contributed by atoms with Crippen LogP contribution in [0.25, 0.3) is 6.08 Å². The summed E-state index contributed by atoms with van der Waals surface area (Å²) in [5, 5.41) is 0. The van der Waals surface area contributed by atoms with E-state index in [9.17, 15) is 4.79 Å². The second kappa shape index (κ2) is 6.31. The second-order valence-corrected chi connectivity index (χ2v) is 6.25. The van der Waals surface area contributed by atoms with Crippen molar-refractivity contribution < 1.29 is 4.79 Å². The quantitative estimate of drug-likeness (QED) is 0.544. The molecule has 0 radical (unpaired) electrons. The number of allylic oxidation sites excluding steroid dienone is 1. The first-order valence-electron chi connectivity index (χ1n) is 7.67. The van der Waals surface area contributed by atoms with Crippen LogP contribution in [0.15, 0.2) is 30.3 Å². The van der Waals surface area contributed by atoms with E-state index in [0.29, 0.717) is 0 Å². The number of aryl methyl sites for hydroxylation is 5. The lowest BCUT2D eigenvalue weighted by Crippen LogP contribution is -2.02. The molecule has 114 valence electrons. The van der Waals surface area contributed by atoms with Crippen molar-refractivity contribution in [2.75, 3.05) is 0 Å². The van der Waals surface area contributed by atoms with E-state index >= 15 is 0 Å². The number of ketones is 1. The van der Waals surface area contributed by atoms with Crippen molar-refractivity contribution in [2.45, 2.75) is 41.5 Å². The highest BCUT2D eigenvalue weighted by Crippen LogP contribution is 2.19. The smallest absolute Gasteiger partial charge is 0.186 e. The summed E-state index contributed by atoms with van der Waals surface area (Å²) in [7, 11) is 0. The fourth-order valence-electron chi connectivity index (χ4n) is 2.99. The molecule has 0 aromatic heterocycles. The van der Waals surface area contributed by atoms with E-state index in [1.807, 2.05) is 19.9 Å². The zero-order chi connectivity index (χ0) is 16.4. The van der Waals surface area contributed by atoms with E-state index < -0.39 is 0 Å². The van der Waals surface area contributed by atoms with Crippen molar-refractivity contribution in [3.63, 3.8) is 0 Å². The molecule has 0 aliphatic carbocycles. The van der Waals surface area contributed by atoms with Crippen molar-refractivity contribution >= 4 is 11.9 Å². The largest absolute Gasteiger partial charge is 0.289 e. The van der Waals surface area contributed by atoms with Crippen molar-refractivity contribution in [1.82, 2.24) is 0 Å². The Morgan fingerprint density at radius 3 is 1.77 bits per heavy atom. The molecule has 0 aliphatic heterocycles. The molecule has 0 spiro atoms. The van der Waals surface area contributed by atoms with Crippen LogP contribution in [0, 0.1) is 41.5 Å². The first kappa shape index (κ1) is 16.2. The third kappa shape index (κ3) is 3.36. The predicted molar refractivity (Wildman–Crippen MR) is 94.7 cm³/mol. The standard InChI is InChI=1S/C21H24O/c1-13-9-16(4)21(17(5)10-13)20(22)8-7-19-11-14(2)18(6)15(3)12-19/h7-12H,1-6H3/b8-7+. The Kier molecular flexibility index (Phi) is 4.65. The first-order valence-corrected chi connectivity index (χ1v) is 7.67. The molecule has 0 heterocycles. The minimum Gasteiger partial charge on any atom is -0.289 e. The normalized spacial score (nSPS) is 11.2. The molecule has 0 amide bonds. The molecule has 0 unspecified atom stereocenters. The van der Waals surface area contributed by atoms with Gasteiger partial charge in [0.15, 0.2) is 5.78 Å². The molecule has 0 fully saturated rings. The van der Waals surface area contributed by atoms with Crippen LogP contribution in [-0.2, 0) is 0 Å². The lowest BCUT2D eigenvalue weighted by molar-refractivity contribution is 0.104. The Morgan fingerprint density at radius 1 is 0.773 bits per heavy atom. The molecule has 22 heavy (non-hydrogen) atoms. The molecule has 0 bridgehead atoms. The van der Waals surface area contributed by atoms with Gasteiger partial charge in [-0.25, -0.2) is 0 Å². The second-order valence-electron chi connectivity index (χ2n) is 6.25. The van der Waals surface area contributed by atoms with Gasteiger partial charge in [-0.2, -0.15) is 0 Å². The Hall–Kier alpha value is -2.15. The Labute approximate surface area is 133 Å². The highest BCUT2D eigenvalue weighted by Gasteiger charge is 2.10. The van der Waals surface area contributed by atoms with Gasteiger partial charge < -0.3 is 0 Å². The third-order valence-corrected chi connectivity index (χ3v) is 4.30. The lowest BCUT2D eigenvalue weighted by Gasteiger charge is -2.08. The SMILES string of the molecule is Cc1cc(C)c(C(=O)/C=C/c2cc(C)c(C)c(C)c2)c(C)c1. The van der Waals surface area contributed by atoms with Crippen LogP contribution in [0.1, 0.15) is 49.3 Å². The van der Waals surface area contributed by atoms with Crippen LogP contribution < -0.4 is 0 Å². The molecule has 2 aromatic rings. The van der Waals surface area contributed by atoms with Gasteiger partial charge in [0.05, 0.1) is 0 Å². The Bertz CT molecular complexity index is 717. The highest BCUT2D eigenvalue weighted by molar-refractivity contribution is 6.08. The molecular weight excluding hydrogens is 268 g/mol. The predicted octanol–water partition coefficient (Wildman–Crippen LogP) is 5.43. The molecule has 2 rings (SSSR count). The third-order valence-electron chi connectivity index (χ3n) is 4.30. The van der Waals surface area contributed by atoms with E-state index in [1.165, 1.54) is 22.3 Å². The minimum atomic E-state index is 0.0749. The van der Waals surface area contributed by atoms with E-state index in [0.717, 1.165) is 22.3 Å². The monoisotopic (exact) mass is 292 g/mol. The molecule has 1 nitrogen and oxygen atoms in total. The maximum atomic E-state index is 12.5. The number of hydrogen-bond donors (Lipinski definition) is 0. The van der Waals surface area contributed by atoms with Crippen LogP contribution in [0.3, 0.4) is 0 Å². The van der Waals surface area contributed by atoms with Gasteiger partial charge in [-0.05, 0) is 81.0 Å². The lowest BCUT2D eigenvalue weighted by atomic mass is 9.95. The van der Waals surface area contributed by atoms with Gasteiger partial charge in [0.2, 0.25) is 0 Å². The molecule has 0 saturated carbocycles. The van der Waals surface area contributed by atoms with Crippen LogP contribution >= 0.6 is 0 Å². The molecule has 0 N–H and O–H groups in total. The number of hydrogen-bond acceptors (Lipinski definition) is 1. The average Bonchev–Trinajstić information content (AvgIpc) is 2.41. The maximum Gasteiger partial charge on any atom is 0.186 e. The topological polar surface area (TPSA) is 17.1 Å². The summed E-state index contributed by atoms with van der Waals surface area (Å²) in [5.74, 6) is 0.0749. The van der Waals surface area contributed by atoms with Crippen molar-refractivity contribution in [3.05, 3.63) is 74.8 Å². The number of benzene rings is 2. The first-order chi connectivity index (χ1) is 10.3. The summed E-state index contributed by atoms with van der Waals surface area (Å²) in [6, 6.07) is 8.38. The summed E-state index contributed by atoms with van der Waals surface area (Å²) in [4.78, 5) is 12.5. The highest BCUT2D eigenvalue weighted by atomic mass is 16.1. The molecule has 0 aliphatic rings. The van der Waals surface area contributed by atoms with Crippen LogP contribution in [0.5, 0.6) is 0 Å². The van der Waals surface area contributed by atoms with E-state index in [4.69, 9.17) is 0 Å². The van der Waals surface area contributed by atoms with Gasteiger partial charge in [-0.3, -0.25) is 4.79 Å². The van der Waals surface area contributed by atoms with Crippen molar-refractivity contribution in [3.8, 4) is 0 Å². The summed E-state index contributed by atoms with van der Waals surface area (Å²) < 4.78 is 0. The molecule has 0 saturated heterocycles. The maximum absolute atomic E-state index is 12.5. The number of carbonyl (C=O) groups is 1. The fraction of sp³-hybridized carbons (Fsp3) is 0.286. The van der Waals surface area contributed by atoms with E-state index in [1.54, 1.807) is 6.08 Å². The average molecular weight is 292 g/mol.